The molecule has 3 amide bonds. The average molecular weight is 406 g/mol. The monoisotopic (exact) mass is 406 g/mol. The average Bonchev–Trinajstić information content (AvgIpc) is 2.91. The summed E-state index contributed by atoms with van der Waals surface area (Å²) in [6.07, 6.45) is -1.09. The number of aliphatic hydroxyl groups is 1. The number of halogens is 2. The molecule has 0 radical (unpaired) electrons. The minimum Gasteiger partial charge on any atom is -0.491 e. The first-order valence-electron chi connectivity index (χ1n) is 8.85. The van der Waals surface area contributed by atoms with E-state index in [1.165, 1.54) is 31.2 Å². The van der Waals surface area contributed by atoms with Crippen molar-refractivity contribution in [3.05, 3.63) is 60.2 Å². The molecule has 9 heteroatoms. The molecule has 1 saturated heterocycles. The van der Waals surface area contributed by atoms with Crippen LogP contribution in [0.1, 0.15) is 12.5 Å². The molecule has 1 fully saturated rings. The van der Waals surface area contributed by atoms with Gasteiger partial charge in [-0.1, -0.05) is 30.3 Å². The number of carbonyl (C=O) groups is 2. The SMILES string of the molecule is C[C@@]1(c2ccc(OC(F)F)cc2)NC(=O)N(C[C@H](O)COc2ccccc2)C1=O. The zero-order chi connectivity index (χ0) is 21.0. The van der Waals surface area contributed by atoms with Crippen molar-refractivity contribution in [1.29, 1.82) is 0 Å². The standard InChI is InChI=1S/C20H20F2N2O5/c1-20(13-7-9-16(10-8-13)29-18(21)22)17(26)24(19(27)23-20)11-14(25)12-28-15-5-3-2-4-6-15/h2-10,14,18,25H,11-12H2,1H3,(H,23,27)/t14-,20-/m0/s1. The van der Waals surface area contributed by atoms with Crippen LogP contribution in [0.3, 0.4) is 0 Å². The summed E-state index contributed by atoms with van der Waals surface area (Å²) in [5, 5.41) is 12.8. The predicted molar refractivity (Wildman–Crippen MR) is 98.6 cm³/mol. The van der Waals surface area contributed by atoms with Gasteiger partial charge in [-0.2, -0.15) is 8.78 Å². The number of nitrogens with one attached hydrogen (secondary N) is 1. The van der Waals surface area contributed by atoms with Gasteiger partial charge in [-0.15, -0.1) is 0 Å². The van der Waals surface area contributed by atoms with Crippen LogP contribution >= 0.6 is 0 Å². The summed E-state index contributed by atoms with van der Waals surface area (Å²) in [6, 6.07) is 13.6. The van der Waals surface area contributed by atoms with Crippen molar-refractivity contribution in [2.75, 3.05) is 13.2 Å². The van der Waals surface area contributed by atoms with Gasteiger partial charge in [0.1, 0.15) is 29.7 Å². The van der Waals surface area contributed by atoms with Crippen molar-refractivity contribution in [1.82, 2.24) is 10.2 Å². The Morgan fingerprint density at radius 3 is 2.34 bits per heavy atom. The molecule has 1 heterocycles. The highest BCUT2D eigenvalue weighted by Gasteiger charge is 2.49. The first-order valence-corrected chi connectivity index (χ1v) is 8.85. The number of urea groups is 1. The van der Waals surface area contributed by atoms with Crippen LogP contribution in [0.5, 0.6) is 11.5 Å². The molecular weight excluding hydrogens is 386 g/mol. The Labute approximate surface area is 165 Å². The van der Waals surface area contributed by atoms with Gasteiger partial charge in [0.2, 0.25) is 0 Å². The van der Waals surface area contributed by atoms with Gasteiger partial charge in [0.15, 0.2) is 0 Å². The minimum absolute atomic E-state index is 0.0607. The van der Waals surface area contributed by atoms with Gasteiger partial charge in [-0.25, -0.2) is 4.79 Å². The molecule has 7 nitrogen and oxygen atoms in total. The first kappa shape index (κ1) is 20.5. The Balaban J connectivity index is 1.65. The number of rotatable bonds is 8. The summed E-state index contributed by atoms with van der Waals surface area (Å²) in [5.74, 6) is -0.0713. The van der Waals surface area contributed by atoms with Crippen LogP contribution in [0, 0.1) is 0 Å². The molecule has 154 valence electrons. The Morgan fingerprint density at radius 2 is 1.72 bits per heavy atom. The number of amides is 3. The molecule has 1 aliphatic rings. The lowest BCUT2D eigenvalue weighted by Crippen LogP contribution is -2.42. The molecule has 3 rings (SSSR count). The molecule has 0 aliphatic carbocycles. The number of hydrogen-bond acceptors (Lipinski definition) is 5. The molecule has 29 heavy (non-hydrogen) atoms. The molecule has 2 aromatic carbocycles. The van der Waals surface area contributed by atoms with E-state index in [0.29, 0.717) is 11.3 Å². The van der Waals surface area contributed by atoms with Crippen LogP contribution in [-0.4, -0.2) is 47.8 Å². The van der Waals surface area contributed by atoms with Gasteiger partial charge in [-0.3, -0.25) is 9.69 Å². The van der Waals surface area contributed by atoms with Crippen molar-refractivity contribution in [2.45, 2.75) is 25.2 Å². The lowest BCUT2D eigenvalue weighted by atomic mass is 9.92. The van der Waals surface area contributed by atoms with Crippen LogP contribution in [0.15, 0.2) is 54.6 Å². The smallest absolute Gasteiger partial charge is 0.387 e. The molecular formula is C20H20F2N2O5. The van der Waals surface area contributed by atoms with E-state index in [4.69, 9.17) is 4.74 Å². The molecule has 0 saturated carbocycles. The third kappa shape index (κ3) is 4.62. The Hall–Kier alpha value is -3.20. The lowest BCUT2D eigenvalue weighted by molar-refractivity contribution is -0.132. The first-order chi connectivity index (χ1) is 13.8. The van der Waals surface area contributed by atoms with Crippen molar-refractivity contribution < 1.29 is 33.0 Å². The highest BCUT2D eigenvalue weighted by Crippen LogP contribution is 2.30. The van der Waals surface area contributed by atoms with Crippen LogP contribution in [-0.2, 0) is 10.3 Å². The van der Waals surface area contributed by atoms with Gasteiger partial charge in [0, 0.05) is 0 Å². The van der Waals surface area contributed by atoms with Gasteiger partial charge in [0.05, 0.1) is 6.54 Å². The topological polar surface area (TPSA) is 88.1 Å². The van der Waals surface area contributed by atoms with E-state index in [-0.39, 0.29) is 18.9 Å². The molecule has 0 unspecified atom stereocenters. The molecule has 2 N–H and O–H groups in total. The molecule has 0 spiro atoms. The molecule has 0 bridgehead atoms. The molecule has 0 aromatic heterocycles. The molecule has 1 aliphatic heterocycles. The minimum atomic E-state index is -2.96. The van der Waals surface area contributed by atoms with Crippen LogP contribution < -0.4 is 14.8 Å². The maximum Gasteiger partial charge on any atom is 0.387 e. The number of imide groups is 1. The van der Waals surface area contributed by atoms with Crippen LogP contribution in [0.4, 0.5) is 13.6 Å². The fraction of sp³-hybridized carbons (Fsp3) is 0.300. The normalized spacial score (nSPS) is 20.0. The van der Waals surface area contributed by atoms with Gasteiger partial charge < -0.3 is 19.9 Å². The van der Waals surface area contributed by atoms with Gasteiger partial charge >= 0.3 is 12.6 Å². The third-order valence-corrected chi connectivity index (χ3v) is 4.51. The van der Waals surface area contributed by atoms with E-state index in [0.717, 1.165) is 4.90 Å². The number of alkyl halides is 2. The highest BCUT2D eigenvalue weighted by atomic mass is 19.3. The molecule has 2 atom stereocenters. The van der Waals surface area contributed by atoms with Crippen molar-refractivity contribution in [2.24, 2.45) is 0 Å². The number of para-hydroxylation sites is 1. The predicted octanol–water partition coefficient (Wildman–Crippen LogP) is 2.49. The summed E-state index contributed by atoms with van der Waals surface area (Å²) in [5.41, 5.74) is -0.990. The maximum absolute atomic E-state index is 12.8. The Morgan fingerprint density at radius 1 is 1.07 bits per heavy atom. The van der Waals surface area contributed by atoms with Crippen molar-refractivity contribution in [3.63, 3.8) is 0 Å². The van der Waals surface area contributed by atoms with Crippen LogP contribution in [0.2, 0.25) is 0 Å². The maximum atomic E-state index is 12.8. The van der Waals surface area contributed by atoms with Crippen molar-refractivity contribution in [3.8, 4) is 11.5 Å². The van der Waals surface area contributed by atoms with Crippen molar-refractivity contribution >= 4 is 11.9 Å². The zero-order valence-corrected chi connectivity index (χ0v) is 15.5. The summed E-state index contributed by atoms with van der Waals surface area (Å²) >= 11 is 0. The highest BCUT2D eigenvalue weighted by molar-refractivity contribution is 6.07. The second-order valence-corrected chi connectivity index (χ2v) is 6.65. The summed E-state index contributed by atoms with van der Waals surface area (Å²) < 4.78 is 34.3. The van der Waals surface area contributed by atoms with E-state index in [9.17, 15) is 23.5 Å². The third-order valence-electron chi connectivity index (χ3n) is 4.51. The Kier molecular flexibility index (Phi) is 5.97. The molecule has 2 aromatic rings. The van der Waals surface area contributed by atoms with E-state index in [2.05, 4.69) is 10.1 Å². The Bertz CT molecular complexity index is 863. The van der Waals surface area contributed by atoms with E-state index >= 15 is 0 Å². The van der Waals surface area contributed by atoms with Gasteiger partial charge in [0.25, 0.3) is 5.91 Å². The number of nitrogens with zero attached hydrogens (tertiary/aromatic N) is 1. The number of ether oxygens (including phenoxy) is 2. The fourth-order valence-corrected chi connectivity index (χ4v) is 3.00. The summed E-state index contributed by atoms with van der Waals surface area (Å²) in [6.45, 7) is -1.81. The van der Waals surface area contributed by atoms with Crippen LogP contribution in [0.25, 0.3) is 0 Å². The number of benzene rings is 2. The summed E-state index contributed by atoms with van der Waals surface area (Å²) in [7, 11) is 0. The zero-order valence-electron chi connectivity index (χ0n) is 15.5. The number of β-amino-alcohol motifs (C(OH)–C–C–N with tert-alkyl or cyclic N) is 1. The lowest BCUT2D eigenvalue weighted by Gasteiger charge is -2.23. The second-order valence-electron chi connectivity index (χ2n) is 6.65. The quantitative estimate of drug-likeness (QED) is 0.658. The second kappa shape index (κ2) is 8.44. The number of aliphatic hydroxyl groups excluding tert-OH is 1. The van der Waals surface area contributed by atoms with E-state index < -0.39 is 30.2 Å². The van der Waals surface area contributed by atoms with E-state index in [1.807, 2.05) is 6.07 Å². The summed E-state index contributed by atoms with van der Waals surface area (Å²) in [4.78, 5) is 26.1. The number of hydrogen-bond donors (Lipinski definition) is 2. The fourth-order valence-electron chi connectivity index (χ4n) is 3.00. The van der Waals surface area contributed by atoms with Gasteiger partial charge in [-0.05, 0) is 36.8 Å². The van der Waals surface area contributed by atoms with E-state index in [1.54, 1.807) is 24.3 Å². The number of carbonyl (C=O) groups excluding carboxylic acids is 2. The largest absolute Gasteiger partial charge is 0.491 e.